The summed E-state index contributed by atoms with van der Waals surface area (Å²) in [5.74, 6) is 1.72. The van der Waals surface area contributed by atoms with Crippen molar-refractivity contribution in [1.82, 2.24) is 14.5 Å². The van der Waals surface area contributed by atoms with E-state index in [-0.39, 0.29) is 0 Å². The highest BCUT2D eigenvalue weighted by Crippen LogP contribution is 2.37. The van der Waals surface area contributed by atoms with Crippen molar-refractivity contribution >= 4 is 5.95 Å². The molecule has 2 fully saturated rings. The summed E-state index contributed by atoms with van der Waals surface area (Å²) in [6, 6.07) is 1.37. The summed E-state index contributed by atoms with van der Waals surface area (Å²) in [7, 11) is 0. The SMILES string of the molecule is Cc1cn(C2CCN3CCCC23)c(NCC(C)C)n1. The van der Waals surface area contributed by atoms with Crippen LogP contribution in [0.2, 0.25) is 0 Å². The maximum absolute atomic E-state index is 4.67. The van der Waals surface area contributed by atoms with Crippen LogP contribution < -0.4 is 5.32 Å². The first-order valence-corrected chi connectivity index (χ1v) is 7.68. The first-order chi connectivity index (χ1) is 9.15. The lowest BCUT2D eigenvalue weighted by atomic mass is 10.1. The number of anilines is 1. The molecule has 106 valence electrons. The van der Waals surface area contributed by atoms with E-state index in [2.05, 4.69) is 46.7 Å². The highest BCUT2D eigenvalue weighted by molar-refractivity contribution is 5.30. The van der Waals surface area contributed by atoms with Gasteiger partial charge in [-0.15, -0.1) is 0 Å². The zero-order chi connectivity index (χ0) is 13.4. The molecule has 0 radical (unpaired) electrons. The molecule has 2 aliphatic rings. The number of fused-ring (bicyclic) bond motifs is 1. The second-order valence-electron chi connectivity index (χ2n) is 6.49. The van der Waals surface area contributed by atoms with E-state index < -0.39 is 0 Å². The van der Waals surface area contributed by atoms with Crippen LogP contribution in [-0.4, -0.2) is 40.1 Å². The monoisotopic (exact) mass is 262 g/mol. The molecule has 0 bridgehead atoms. The summed E-state index contributed by atoms with van der Waals surface area (Å²) in [6.07, 6.45) is 6.22. The lowest BCUT2D eigenvalue weighted by Crippen LogP contribution is -2.28. The zero-order valence-electron chi connectivity index (χ0n) is 12.4. The van der Waals surface area contributed by atoms with Crippen molar-refractivity contribution in [1.29, 1.82) is 0 Å². The molecule has 0 amide bonds. The van der Waals surface area contributed by atoms with Crippen LogP contribution in [0.15, 0.2) is 6.20 Å². The molecule has 0 spiro atoms. The number of aromatic nitrogens is 2. The predicted octanol–water partition coefficient (Wildman–Crippen LogP) is 2.67. The van der Waals surface area contributed by atoms with Crippen molar-refractivity contribution in [2.75, 3.05) is 25.0 Å². The molecule has 2 atom stereocenters. The number of rotatable bonds is 4. The van der Waals surface area contributed by atoms with E-state index in [4.69, 9.17) is 0 Å². The average Bonchev–Trinajstić information content (AvgIpc) is 3.00. The largest absolute Gasteiger partial charge is 0.355 e. The van der Waals surface area contributed by atoms with E-state index >= 15 is 0 Å². The molecule has 4 heteroatoms. The quantitative estimate of drug-likeness (QED) is 0.905. The average molecular weight is 262 g/mol. The van der Waals surface area contributed by atoms with Crippen LogP contribution in [0.5, 0.6) is 0 Å². The van der Waals surface area contributed by atoms with Gasteiger partial charge < -0.3 is 9.88 Å². The topological polar surface area (TPSA) is 33.1 Å². The van der Waals surface area contributed by atoms with Crippen LogP contribution in [-0.2, 0) is 0 Å². The molecule has 3 rings (SSSR count). The molecule has 0 saturated carbocycles. The summed E-state index contributed by atoms with van der Waals surface area (Å²) in [4.78, 5) is 7.33. The smallest absolute Gasteiger partial charge is 0.203 e. The second kappa shape index (κ2) is 5.16. The molecule has 1 aromatic heterocycles. The third-order valence-electron chi connectivity index (χ3n) is 4.45. The normalized spacial score (nSPS) is 27.2. The van der Waals surface area contributed by atoms with Gasteiger partial charge in [0.05, 0.1) is 11.7 Å². The third-order valence-corrected chi connectivity index (χ3v) is 4.45. The Morgan fingerprint density at radius 3 is 2.95 bits per heavy atom. The van der Waals surface area contributed by atoms with Gasteiger partial charge in [-0.3, -0.25) is 4.90 Å². The Labute approximate surface area is 116 Å². The van der Waals surface area contributed by atoms with Crippen LogP contribution in [0.25, 0.3) is 0 Å². The number of imidazole rings is 1. The molecule has 1 N–H and O–H groups in total. The minimum Gasteiger partial charge on any atom is -0.355 e. The molecular weight excluding hydrogens is 236 g/mol. The Hall–Kier alpha value is -1.03. The lowest BCUT2D eigenvalue weighted by molar-refractivity contribution is 0.291. The van der Waals surface area contributed by atoms with Crippen LogP contribution >= 0.6 is 0 Å². The highest BCUT2D eigenvalue weighted by Gasteiger charge is 2.38. The maximum Gasteiger partial charge on any atom is 0.203 e. The number of nitrogens with zero attached hydrogens (tertiary/aromatic N) is 3. The fourth-order valence-electron chi connectivity index (χ4n) is 3.58. The summed E-state index contributed by atoms with van der Waals surface area (Å²) in [5, 5.41) is 3.52. The van der Waals surface area contributed by atoms with E-state index in [1.807, 2.05) is 0 Å². The van der Waals surface area contributed by atoms with E-state index in [1.165, 1.54) is 32.4 Å². The van der Waals surface area contributed by atoms with Crippen molar-refractivity contribution in [2.45, 2.75) is 52.1 Å². The van der Waals surface area contributed by atoms with Gasteiger partial charge in [-0.25, -0.2) is 4.98 Å². The van der Waals surface area contributed by atoms with Gasteiger partial charge in [-0.2, -0.15) is 0 Å². The van der Waals surface area contributed by atoms with Gasteiger partial charge in [0.25, 0.3) is 0 Å². The Morgan fingerprint density at radius 1 is 1.32 bits per heavy atom. The van der Waals surface area contributed by atoms with Crippen molar-refractivity contribution in [3.05, 3.63) is 11.9 Å². The molecule has 2 saturated heterocycles. The standard InChI is InChI=1S/C15H26N4/c1-11(2)9-16-15-17-12(3)10-19(15)14-6-8-18-7-4-5-13(14)18/h10-11,13-14H,4-9H2,1-3H3,(H,16,17). The first-order valence-electron chi connectivity index (χ1n) is 7.68. The Balaban J connectivity index is 1.79. The molecule has 0 aromatic carbocycles. The summed E-state index contributed by atoms with van der Waals surface area (Å²) in [6.45, 7) is 10.1. The van der Waals surface area contributed by atoms with Gasteiger partial charge in [-0.05, 0) is 38.6 Å². The molecule has 0 aliphatic carbocycles. The summed E-state index contributed by atoms with van der Waals surface area (Å²) in [5.41, 5.74) is 1.13. The first kappa shape index (κ1) is 13.0. The Kier molecular flexibility index (Phi) is 3.52. The van der Waals surface area contributed by atoms with Crippen molar-refractivity contribution < 1.29 is 0 Å². The molecule has 4 nitrogen and oxygen atoms in total. The van der Waals surface area contributed by atoms with Crippen molar-refractivity contribution in [3.8, 4) is 0 Å². The predicted molar refractivity (Wildman–Crippen MR) is 78.5 cm³/mol. The molecule has 3 heterocycles. The summed E-state index contributed by atoms with van der Waals surface area (Å²) < 4.78 is 2.41. The van der Waals surface area contributed by atoms with Gasteiger partial charge in [0.2, 0.25) is 5.95 Å². The zero-order valence-corrected chi connectivity index (χ0v) is 12.4. The summed E-state index contributed by atoms with van der Waals surface area (Å²) >= 11 is 0. The fraction of sp³-hybridized carbons (Fsp3) is 0.800. The molecule has 2 unspecified atom stereocenters. The van der Waals surface area contributed by atoms with Crippen LogP contribution in [0.3, 0.4) is 0 Å². The minimum atomic E-state index is 0.623. The number of hydrogen-bond acceptors (Lipinski definition) is 3. The second-order valence-corrected chi connectivity index (χ2v) is 6.49. The highest BCUT2D eigenvalue weighted by atomic mass is 15.3. The van der Waals surface area contributed by atoms with Crippen LogP contribution in [0.1, 0.15) is 44.8 Å². The fourth-order valence-corrected chi connectivity index (χ4v) is 3.58. The van der Waals surface area contributed by atoms with Crippen molar-refractivity contribution in [2.24, 2.45) is 5.92 Å². The minimum absolute atomic E-state index is 0.623. The number of aryl methyl sites for hydroxylation is 1. The number of nitrogens with one attached hydrogen (secondary N) is 1. The molecule has 1 aromatic rings. The van der Waals surface area contributed by atoms with E-state index in [0.717, 1.165) is 24.2 Å². The van der Waals surface area contributed by atoms with Crippen LogP contribution in [0.4, 0.5) is 5.95 Å². The Morgan fingerprint density at radius 2 is 2.16 bits per heavy atom. The molecular formula is C15H26N4. The Bertz CT molecular complexity index is 437. The number of hydrogen-bond donors (Lipinski definition) is 1. The van der Waals surface area contributed by atoms with Gasteiger partial charge >= 0.3 is 0 Å². The maximum atomic E-state index is 4.67. The van der Waals surface area contributed by atoms with E-state index in [0.29, 0.717) is 12.0 Å². The van der Waals surface area contributed by atoms with Gasteiger partial charge in [-0.1, -0.05) is 13.8 Å². The van der Waals surface area contributed by atoms with E-state index in [9.17, 15) is 0 Å². The molecule has 2 aliphatic heterocycles. The van der Waals surface area contributed by atoms with Gasteiger partial charge in [0.1, 0.15) is 0 Å². The third kappa shape index (κ3) is 2.50. The van der Waals surface area contributed by atoms with Crippen LogP contribution in [0, 0.1) is 12.8 Å². The lowest BCUT2D eigenvalue weighted by Gasteiger charge is -2.23. The van der Waals surface area contributed by atoms with Gasteiger partial charge in [0.15, 0.2) is 0 Å². The molecule has 19 heavy (non-hydrogen) atoms. The van der Waals surface area contributed by atoms with Gasteiger partial charge in [0, 0.05) is 25.3 Å². The van der Waals surface area contributed by atoms with E-state index in [1.54, 1.807) is 0 Å². The van der Waals surface area contributed by atoms with Crippen molar-refractivity contribution in [3.63, 3.8) is 0 Å².